The van der Waals surface area contributed by atoms with E-state index in [2.05, 4.69) is 4.98 Å². The maximum absolute atomic E-state index is 12.9. The van der Waals surface area contributed by atoms with E-state index in [-0.39, 0.29) is 11.7 Å². The molecule has 0 saturated carbocycles. The Hall–Kier alpha value is -1.94. The van der Waals surface area contributed by atoms with Crippen molar-refractivity contribution in [3.8, 4) is 0 Å². The summed E-state index contributed by atoms with van der Waals surface area (Å²) in [6, 6.07) is 7.33. The molecule has 2 rings (SSSR count). The second kappa shape index (κ2) is 5.80. The third kappa shape index (κ3) is 2.90. The molecule has 1 aromatic heterocycles. The number of hydrogen-bond acceptors (Lipinski definition) is 2. The summed E-state index contributed by atoms with van der Waals surface area (Å²) in [5, 5.41) is 0.299. The number of anilines is 1. The second-order valence-electron chi connectivity index (χ2n) is 3.88. The first-order valence-electron chi connectivity index (χ1n) is 5.80. The number of carbonyl (C=O) groups is 1. The van der Waals surface area contributed by atoms with E-state index in [1.54, 1.807) is 18.2 Å². The van der Waals surface area contributed by atoms with E-state index in [0.29, 0.717) is 22.8 Å². The largest absolute Gasteiger partial charge is 0.309 e. The third-order valence-corrected chi connectivity index (χ3v) is 3.00. The van der Waals surface area contributed by atoms with Crippen LogP contribution in [0.5, 0.6) is 0 Å². The van der Waals surface area contributed by atoms with Gasteiger partial charge in [0.15, 0.2) is 0 Å². The zero-order valence-electron chi connectivity index (χ0n) is 10.3. The molecule has 0 unspecified atom stereocenters. The molecule has 5 heteroatoms. The van der Waals surface area contributed by atoms with Crippen molar-refractivity contribution in [2.24, 2.45) is 0 Å². The van der Waals surface area contributed by atoms with E-state index in [1.807, 2.05) is 6.92 Å². The Morgan fingerprint density at radius 2 is 2.00 bits per heavy atom. The molecule has 0 aliphatic carbocycles. The Bertz CT molecular complexity index is 586. The SMILES string of the molecule is CCN(C(=O)c1ccncc1Cl)c1ccc(F)cc1. The van der Waals surface area contributed by atoms with Gasteiger partial charge in [0.05, 0.1) is 10.6 Å². The summed E-state index contributed by atoms with van der Waals surface area (Å²) < 4.78 is 12.9. The van der Waals surface area contributed by atoms with Crippen LogP contribution in [0.1, 0.15) is 17.3 Å². The van der Waals surface area contributed by atoms with E-state index in [0.717, 1.165) is 0 Å². The van der Waals surface area contributed by atoms with E-state index in [9.17, 15) is 9.18 Å². The van der Waals surface area contributed by atoms with Gasteiger partial charge in [0.25, 0.3) is 5.91 Å². The number of amides is 1. The predicted octanol–water partition coefficient (Wildman–Crippen LogP) is 3.54. The maximum atomic E-state index is 12.9. The number of hydrogen-bond donors (Lipinski definition) is 0. The lowest BCUT2D eigenvalue weighted by molar-refractivity contribution is 0.0988. The Labute approximate surface area is 115 Å². The van der Waals surface area contributed by atoms with Crippen molar-refractivity contribution >= 4 is 23.2 Å². The molecule has 19 heavy (non-hydrogen) atoms. The van der Waals surface area contributed by atoms with Gasteiger partial charge in [0.1, 0.15) is 5.82 Å². The van der Waals surface area contributed by atoms with Crippen LogP contribution < -0.4 is 4.90 Å². The van der Waals surface area contributed by atoms with Gasteiger partial charge in [-0.2, -0.15) is 0 Å². The van der Waals surface area contributed by atoms with Crippen LogP contribution in [0.4, 0.5) is 10.1 Å². The van der Waals surface area contributed by atoms with Crippen LogP contribution >= 0.6 is 11.6 Å². The van der Waals surface area contributed by atoms with Crippen LogP contribution in [0.3, 0.4) is 0 Å². The van der Waals surface area contributed by atoms with Gasteiger partial charge in [0, 0.05) is 24.6 Å². The van der Waals surface area contributed by atoms with Crippen LogP contribution in [0.2, 0.25) is 5.02 Å². The Kier molecular flexibility index (Phi) is 4.12. The van der Waals surface area contributed by atoms with Crippen molar-refractivity contribution in [1.29, 1.82) is 0 Å². The lowest BCUT2D eigenvalue weighted by atomic mass is 10.2. The summed E-state index contributed by atoms with van der Waals surface area (Å²) in [6.07, 6.45) is 2.94. The predicted molar refractivity (Wildman–Crippen MR) is 73.0 cm³/mol. The van der Waals surface area contributed by atoms with Gasteiger partial charge < -0.3 is 4.90 Å². The van der Waals surface area contributed by atoms with Crippen LogP contribution in [-0.2, 0) is 0 Å². The fourth-order valence-corrected chi connectivity index (χ4v) is 1.96. The normalized spacial score (nSPS) is 10.3. The topological polar surface area (TPSA) is 33.2 Å². The number of aromatic nitrogens is 1. The molecule has 3 nitrogen and oxygen atoms in total. The summed E-state index contributed by atoms with van der Waals surface area (Å²) in [6.45, 7) is 2.31. The Morgan fingerprint density at radius 1 is 1.32 bits per heavy atom. The third-order valence-electron chi connectivity index (χ3n) is 2.70. The first kappa shape index (κ1) is 13.5. The summed E-state index contributed by atoms with van der Waals surface area (Å²) in [5.41, 5.74) is 1.00. The van der Waals surface area contributed by atoms with Gasteiger partial charge in [0.2, 0.25) is 0 Å². The molecule has 1 aromatic carbocycles. The lowest BCUT2D eigenvalue weighted by Gasteiger charge is -2.21. The van der Waals surface area contributed by atoms with Gasteiger partial charge in [-0.05, 0) is 37.3 Å². The van der Waals surface area contributed by atoms with Crippen molar-refractivity contribution in [3.05, 3.63) is 59.1 Å². The molecular formula is C14H12ClFN2O. The Balaban J connectivity index is 2.35. The first-order valence-corrected chi connectivity index (χ1v) is 6.18. The van der Waals surface area contributed by atoms with Crippen molar-refractivity contribution in [2.45, 2.75) is 6.92 Å². The highest BCUT2D eigenvalue weighted by Gasteiger charge is 2.18. The standard InChI is InChI=1S/C14H12ClFN2O/c1-2-18(11-5-3-10(16)4-6-11)14(19)12-7-8-17-9-13(12)15/h3-9H,2H2,1H3. The molecule has 0 fully saturated rings. The molecule has 0 aliphatic rings. The molecule has 0 spiro atoms. The second-order valence-corrected chi connectivity index (χ2v) is 4.29. The molecule has 0 N–H and O–H groups in total. The fourth-order valence-electron chi connectivity index (χ4n) is 1.76. The number of benzene rings is 1. The zero-order valence-corrected chi connectivity index (χ0v) is 11.1. The maximum Gasteiger partial charge on any atom is 0.259 e. The molecule has 1 amide bonds. The highest BCUT2D eigenvalue weighted by molar-refractivity contribution is 6.34. The van der Waals surface area contributed by atoms with E-state index in [1.165, 1.54) is 29.4 Å². The molecule has 1 heterocycles. The first-order chi connectivity index (χ1) is 9.13. The molecular weight excluding hydrogens is 267 g/mol. The molecule has 0 atom stereocenters. The van der Waals surface area contributed by atoms with E-state index in [4.69, 9.17) is 11.6 Å². The molecule has 0 aliphatic heterocycles. The summed E-state index contributed by atoms with van der Waals surface area (Å²) in [5.74, 6) is -0.573. The van der Waals surface area contributed by atoms with Crippen LogP contribution in [0, 0.1) is 5.82 Å². The number of rotatable bonds is 3. The highest BCUT2D eigenvalue weighted by atomic mass is 35.5. The van der Waals surface area contributed by atoms with Crippen molar-refractivity contribution in [2.75, 3.05) is 11.4 Å². The van der Waals surface area contributed by atoms with Crippen molar-refractivity contribution in [1.82, 2.24) is 4.98 Å². The van der Waals surface area contributed by atoms with Gasteiger partial charge >= 0.3 is 0 Å². The number of halogens is 2. The minimum absolute atomic E-state index is 0.235. The van der Waals surface area contributed by atoms with Crippen molar-refractivity contribution in [3.63, 3.8) is 0 Å². The van der Waals surface area contributed by atoms with Gasteiger partial charge in [-0.25, -0.2) is 4.39 Å². The van der Waals surface area contributed by atoms with Gasteiger partial charge in [-0.1, -0.05) is 11.6 Å². The monoisotopic (exact) mass is 278 g/mol. The fraction of sp³-hybridized carbons (Fsp3) is 0.143. The summed E-state index contributed by atoms with van der Waals surface area (Å²) in [4.78, 5) is 17.8. The van der Waals surface area contributed by atoms with Gasteiger partial charge in [-0.3, -0.25) is 9.78 Å². The number of nitrogens with zero attached hydrogens (tertiary/aromatic N) is 2. The highest BCUT2D eigenvalue weighted by Crippen LogP contribution is 2.21. The molecule has 98 valence electrons. The smallest absolute Gasteiger partial charge is 0.259 e. The van der Waals surface area contributed by atoms with Crippen LogP contribution in [0.15, 0.2) is 42.7 Å². The van der Waals surface area contributed by atoms with E-state index < -0.39 is 0 Å². The van der Waals surface area contributed by atoms with E-state index >= 15 is 0 Å². The molecule has 0 bridgehead atoms. The molecule has 0 saturated heterocycles. The van der Waals surface area contributed by atoms with Crippen LogP contribution in [0.25, 0.3) is 0 Å². The average Bonchev–Trinajstić information content (AvgIpc) is 2.42. The lowest BCUT2D eigenvalue weighted by Crippen LogP contribution is -2.30. The zero-order chi connectivity index (χ0) is 13.8. The van der Waals surface area contributed by atoms with Gasteiger partial charge in [-0.15, -0.1) is 0 Å². The average molecular weight is 279 g/mol. The Morgan fingerprint density at radius 3 is 2.58 bits per heavy atom. The minimum atomic E-state index is -0.339. The number of carbonyl (C=O) groups excluding carboxylic acids is 1. The summed E-state index contributed by atoms with van der Waals surface area (Å²) in [7, 11) is 0. The van der Waals surface area contributed by atoms with Crippen molar-refractivity contribution < 1.29 is 9.18 Å². The van der Waals surface area contributed by atoms with Crippen LogP contribution in [-0.4, -0.2) is 17.4 Å². The molecule has 2 aromatic rings. The quantitative estimate of drug-likeness (QED) is 0.860. The summed E-state index contributed by atoms with van der Waals surface area (Å²) >= 11 is 5.96. The minimum Gasteiger partial charge on any atom is -0.309 e. The number of pyridine rings is 1. The molecule has 0 radical (unpaired) electrons.